The largest absolute Gasteiger partial charge is 0.398 e. The van der Waals surface area contributed by atoms with Crippen molar-refractivity contribution in [2.45, 2.75) is 19.5 Å². The van der Waals surface area contributed by atoms with Gasteiger partial charge in [0, 0.05) is 38.2 Å². The van der Waals surface area contributed by atoms with Crippen LogP contribution in [0.4, 0.5) is 5.69 Å². The van der Waals surface area contributed by atoms with Crippen LogP contribution in [-0.2, 0) is 26.6 Å². The quantitative estimate of drug-likeness (QED) is 0.813. The first kappa shape index (κ1) is 11.3. The van der Waals surface area contributed by atoms with Gasteiger partial charge in [-0.1, -0.05) is 12.1 Å². The van der Waals surface area contributed by atoms with Crippen molar-refractivity contribution in [3.05, 3.63) is 47.5 Å². The van der Waals surface area contributed by atoms with Gasteiger partial charge in [-0.25, -0.2) is 4.98 Å². The fourth-order valence-corrected chi connectivity index (χ4v) is 2.55. The number of nitrogens with two attached hydrogens (primary N) is 1. The van der Waals surface area contributed by atoms with Crippen LogP contribution in [0.25, 0.3) is 0 Å². The Morgan fingerprint density at radius 3 is 3.06 bits per heavy atom. The molecule has 1 aromatic carbocycles. The molecule has 0 amide bonds. The van der Waals surface area contributed by atoms with E-state index in [0.29, 0.717) is 0 Å². The number of hydrogen-bond donors (Lipinski definition) is 1. The van der Waals surface area contributed by atoms with Crippen LogP contribution >= 0.6 is 0 Å². The molecule has 4 nitrogen and oxygen atoms in total. The molecule has 3 rings (SSSR count). The zero-order valence-electron chi connectivity index (χ0n) is 10.6. The number of anilines is 1. The minimum absolute atomic E-state index is 0.886. The monoisotopic (exact) mass is 242 g/mol. The molecule has 18 heavy (non-hydrogen) atoms. The summed E-state index contributed by atoms with van der Waals surface area (Å²) in [4.78, 5) is 6.78. The number of nitrogens with zero attached hydrogens (tertiary/aromatic N) is 3. The summed E-state index contributed by atoms with van der Waals surface area (Å²) in [5, 5.41) is 0. The molecule has 2 heterocycles. The van der Waals surface area contributed by atoms with E-state index in [1.165, 1.54) is 11.1 Å². The number of hydrogen-bond acceptors (Lipinski definition) is 3. The Kier molecular flexibility index (Phi) is 2.80. The lowest BCUT2D eigenvalue weighted by atomic mass is 9.98. The summed E-state index contributed by atoms with van der Waals surface area (Å²) in [6.45, 7) is 2.88. The van der Waals surface area contributed by atoms with Crippen LogP contribution < -0.4 is 5.73 Å². The molecule has 2 N–H and O–H groups in total. The smallest absolute Gasteiger partial charge is 0.122 e. The van der Waals surface area contributed by atoms with E-state index in [0.717, 1.165) is 37.6 Å². The highest BCUT2D eigenvalue weighted by Gasteiger charge is 2.18. The molecule has 0 aliphatic carbocycles. The minimum atomic E-state index is 0.886. The highest BCUT2D eigenvalue weighted by Crippen LogP contribution is 2.24. The summed E-state index contributed by atoms with van der Waals surface area (Å²) in [6.07, 6.45) is 4.91. The topological polar surface area (TPSA) is 47.1 Å². The standard InChI is InChI=1S/C14H18N4/c1-17-8-6-16-14(17)10-18-7-5-11-3-2-4-13(15)12(11)9-18/h2-4,6,8H,5,7,9-10,15H2,1H3. The third-order valence-corrected chi connectivity index (χ3v) is 3.67. The van der Waals surface area contributed by atoms with Gasteiger partial charge >= 0.3 is 0 Å². The molecule has 1 aromatic heterocycles. The Hall–Kier alpha value is -1.81. The van der Waals surface area contributed by atoms with Crippen LogP contribution in [0.5, 0.6) is 0 Å². The first-order valence-corrected chi connectivity index (χ1v) is 6.29. The Morgan fingerprint density at radius 2 is 2.28 bits per heavy atom. The first-order chi connectivity index (χ1) is 8.74. The van der Waals surface area contributed by atoms with E-state index >= 15 is 0 Å². The number of benzene rings is 1. The van der Waals surface area contributed by atoms with Crippen LogP contribution in [0.2, 0.25) is 0 Å². The Balaban J connectivity index is 1.79. The van der Waals surface area contributed by atoms with E-state index < -0.39 is 0 Å². The normalized spacial score (nSPS) is 15.6. The molecule has 0 saturated carbocycles. The molecule has 0 unspecified atom stereocenters. The second-order valence-corrected chi connectivity index (χ2v) is 4.90. The number of aromatic nitrogens is 2. The van der Waals surface area contributed by atoms with E-state index in [1.807, 2.05) is 31.6 Å². The van der Waals surface area contributed by atoms with Crippen molar-refractivity contribution in [2.24, 2.45) is 7.05 Å². The first-order valence-electron chi connectivity index (χ1n) is 6.29. The summed E-state index contributed by atoms with van der Waals surface area (Å²) in [7, 11) is 2.04. The van der Waals surface area contributed by atoms with Crippen LogP contribution in [-0.4, -0.2) is 21.0 Å². The maximum atomic E-state index is 6.06. The molecule has 0 bridgehead atoms. The molecular formula is C14H18N4. The van der Waals surface area contributed by atoms with E-state index in [9.17, 15) is 0 Å². The number of aryl methyl sites for hydroxylation is 1. The van der Waals surface area contributed by atoms with E-state index in [1.54, 1.807) is 0 Å². The van der Waals surface area contributed by atoms with Crippen molar-refractivity contribution in [2.75, 3.05) is 12.3 Å². The van der Waals surface area contributed by atoms with Gasteiger partial charge in [0.05, 0.1) is 6.54 Å². The van der Waals surface area contributed by atoms with Crippen molar-refractivity contribution in [3.63, 3.8) is 0 Å². The lowest BCUT2D eigenvalue weighted by Crippen LogP contribution is -2.31. The average molecular weight is 242 g/mol. The lowest BCUT2D eigenvalue weighted by Gasteiger charge is -2.29. The maximum absolute atomic E-state index is 6.06. The summed E-state index contributed by atoms with van der Waals surface area (Å²) in [6, 6.07) is 6.22. The third-order valence-electron chi connectivity index (χ3n) is 3.67. The second kappa shape index (κ2) is 4.46. The molecule has 0 fully saturated rings. The maximum Gasteiger partial charge on any atom is 0.122 e. The van der Waals surface area contributed by atoms with Gasteiger partial charge in [0.15, 0.2) is 0 Å². The minimum Gasteiger partial charge on any atom is -0.398 e. The molecule has 94 valence electrons. The SMILES string of the molecule is Cn1ccnc1CN1CCc2cccc(N)c2C1. The highest BCUT2D eigenvalue weighted by atomic mass is 15.2. The molecular weight excluding hydrogens is 224 g/mol. The van der Waals surface area contributed by atoms with Gasteiger partial charge in [-0.15, -0.1) is 0 Å². The Bertz CT molecular complexity index is 559. The molecule has 2 aromatic rings. The van der Waals surface area contributed by atoms with Crippen LogP contribution in [0.15, 0.2) is 30.6 Å². The number of imidazole rings is 1. The molecule has 0 radical (unpaired) electrons. The van der Waals surface area contributed by atoms with Gasteiger partial charge in [0.1, 0.15) is 5.82 Å². The van der Waals surface area contributed by atoms with Crippen molar-refractivity contribution in [1.82, 2.24) is 14.5 Å². The summed E-state index contributed by atoms with van der Waals surface area (Å²) in [5.41, 5.74) is 9.66. The summed E-state index contributed by atoms with van der Waals surface area (Å²) in [5.74, 6) is 1.10. The second-order valence-electron chi connectivity index (χ2n) is 4.90. The number of nitrogen functional groups attached to an aromatic ring is 1. The molecule has 0 spiro atoms. The lowest BCUT2D eigenvalue weighted by molar-refractivity contribution is 0.238. The van der Waals surface area contributed by atoms with Gasteiger partial charge in [-0.2, -0.15) is 0 Å². The fraction of sp³-hybridized carbons (Fsp3) is 0.357. The molecule has 1 aliphatic heterocycles. The molecule has 0 saturated heterocycles. The van der Waals surface area contributed by atoms with Gasteiger partial charge < -0.3 is 10.3 Å². The number of rotatable bonds is 2. The van der Waals surface area contributed by atoms with Crippen molar-refractivity contribution in [3.8, 4) is 0 Å². The van der Waals surface area contributed by atoms with E-state index in [4.69, 9.17) is 5.73 Å². The zero-order valence-corrected chi connectivity index (χ0v) is 10.6. The van der Waals surface area contributed by atoms with Gasteiger partial charge in [-0.05, 0) is 23.6 Å². The van der Waals surface area contributed by atoms with Crippen molar-refractivity contribution in [1.29, 1.82) is 0 Å². The predicted molar refractivity (Wildman–Crippen MR) is 71.9 cm³/mol. The summed E-state index contributed by atoms with van der Waals surface area (Å²) < 4.78 is 2.07. The molecule has 0 atom stereocenters. The summed E-state index contributed by atoms with van der Waals surface area (Å²) >= 11 is 0. The van der Waals surface area contributed by atoms with Gasteiger partial charge in [0.25, 0.3) is 0 Å². The van der Waals surface area contributed by atoms with E-state index in [-0.39, 0.29) is 0 Å². The average Bonchev–Trinajstić information content (AvgIpc) is 2.76. The highest BCUT2D eigenvalue weighted by molar-refractivity contribution is 5.51. The van der Waals surface area contributed by atoms with Gasteiger partial charge in [-0.3, -0.25) is 4.90 Å². The molecule has 1 aliphatic rings. The van der Waals surface area contributed by atoms with Gasteiger partial charge in [0.2, 0.25) is 0 Å². The Labute approximate surface area is 107 Å². The third kappa shape index (κ3) is 1.99. The predicted octanol–water partition coefficient (Wildman–Crippen LogP) is 1.56. The Morgan fingerprint density at radius 1 is 1.39 bits per heavy atom. The van der Waals surface area contributed by atoms with E-state index in [2.05, 4.69) is 20.5 Å². The van der Waals surface area contributed by atoms with Crippen molar-refractivity contribution < 1.29 is 0 Å². The van der Waals surface area contributed by atoms with Crippen molar-refractivity contribution >= 4 is 5.69 Å². The van der Waals surface area contributed by atoms with Crippen LogP contribution in [0, 0.1) is 0 Å². The number of fused-ring (bicyclic) bond motifs is 1. The fourth-order valence-electron chi connectivity index (χ4n) is 2.55. The van der Waals surface area contributed by atoms with Crippen LogP contribution in [0.1, 0.15) is 17.0 Å². The zero-order chi connectivity index (χ0) is 12.5. The molecule has 4 heteroatoms. The van der Waals surface area contributed by atoms with Crippen LogP contribution in [0.3, 0.4) is 0 Å².